The van der Waals surface area contributed by atoms with Crippen molar-refractivity contribution in [2.24, 2.45) is 5.92 Å². The summed E-state index contributed by atoms with van der Waals surface area (Å²) in [4.78, 5) is 23.9. The molecule has 0 aliphatic heterocycles. The number of nitrogens with one attached hydrogen (secondary N) is 2. The molecule has 6 nitrogen and oxygen atoms in total. The van der Waals surface area contributed by atoms with E-state index in [0.717, 1.165) is 24.8 Å². The second-order valence-electron chi connectivity index (χ2n) is 7.94. The summed E-state index contributed by atoms with van der Waals surface area (Å²) in [6.45, 7) is 3.72. The van der Waals surface area contributed by atoms with Gasteiger partial charge in [0.25, 0.3) is 5.91 Å². The van der Waals surface area contributed by atoms with Crippen LogP contribution in [0.15, 0.2) is 53.4 Å². The maximum absolute atomic E-state index is 12.5. The molecule has 2 unspecified atom stereocenters. The summed E-state index contributed by atoms with van der Waals surface area (Å²) in [5, 5.41) is 3.12. The zero-order chi connectivity index (χ0) is 21.7. The van der Waals surface area contributed by atoms with Crippen LogP contribution in [0.25, 0.3) is 0 Å². The van der Waals surface area contributed by atoms with Crippen molar-refractivity contribution in [1.29, 1.82) is 0 Å². The van der Waals surface area contributed by atoms with Gasteiger partial charge < -0.3 is 5.32 Å². The molecular formula is C23H28N2O4S. The number of carbonyl (C=O) groups is 2. The molecule has 0 aromatic heterocycles. The van der Waals surface area contributed by atoms with Gasteiger partial charge in [0.05, 0.1) is 4.90 Å². The average Bonchev–Trinajstić information content (AvgIpc) is 2.74. The summed E-state index contributed by atoms with van der Waals surface area (Å²) in [5.41, 5.74) is 1.78. The Morgan fingerprint density at radius 3 is 2.13 bits per heavy atom. The Morgan fingerprint density at radius 2 is 1.53 bits per heavy atom. The number of amides is 1. The van der Waals surface area contributed by atoms with Gasteiger partial charge in [-0.25, -0.2) is 13.1 Å². The van der Waals surface area contributed by atoms with E-state index in [1.165, 1.54) is 37.6 Å². The van der Waals surface area contributed by atoms with Gasteiger partial charge in [-0.1, -0.05) is 44.0 Å². The number of hydrogen-bond acceptors (Lipinski definition) is 4. The number of ketones is 1. The van der Waals surface area contributed by atoms with Crippen LogP contribution in [-0.2, 0) is 16.6 Å². The predicted octanol–water partition coefficient (Wildman–Crippen LogP) is 3.68. The van der Waals surface area contributed by atoms with Crippen molar-refractivity contribution < 1.29 is 18.0 Å². The van der Waals surface area contributed by atoms with Crippen molar-refractivity contribution in [3.8, 4) is 0 Å². The van der Waals surface area contributed by atoms with Crippen LogP contribution in [0, 0.1) is 5.92 Å². The van der Waals surface area contributed by atoms with Crippen molar-refractivity contribution >= 4 is 21.7 Å². The Morgan fingerprint density at radius 1 is 0.933 bits per heavy atom. The summed E-state index contributed by atoms with van der Waals surface area (Å²) in [6, 6.07) is 13.0. The standard InChI is InChI=1S/C23H28N2O4S/c1-16-5-3-4-6-22(16)25-23(27)20-9-7-18(8-10-20)15-24-30(28,29)21-13-11-19(12-14-21)17(2)26/h7-14,16,22,24H,3-6,15H2,1-2H3,(H,25,27). The van der Waals surface area contributed by atoms with E-state index in [-0.39, 0.29) is 29.2 Å². The second-order valence-corrected chi connectivity index (χ2v) is 9.71. The summed E-state index contributed by atoms with van der Waals surface area (Å²) in [7, 11) is -3.69. The van der Waals surface area contributed by atoms with Crippen LogP contribution < -0.4 is 10.0 Å². The smallest absolute Gasteiger partial charge is 0.251 e. The highest BCUT2D eigenvalue weighted by Gasteiger charge is 2.23. The molecule has 160 valence electrons. The zero-order valence-corrected chi connectivity index (χ0v) is 18.2. The molecule has 3 rings (SSSR count). The van der Waals surface area contributed by atoms with Crippen LogP contribution in [0.1, 0.15) is 65.8 Å². The predicted molar refractivity (Wildman–Crippen MR) is 116 cm³/mol. The van der Waals surface area contributed by atoms with Crippen molar-refractivity contribution in [2.45, 2.75) is 57.0 Å². The lowest BCUT2D eigenvalue weighted by atomic mass is 9.86. The fourth-order valence-electron chi connectivity index (χ4n) is 3.69. The molecule has 0 saturated heterocycles. The minimum Gasteiger partial charge on any atom is -0.349 e. The zero-order valence-electron chi connectivity index (χ0n) is 17.4. The fraction of sp³-hybridized carbons (Fsp3) is 0.391. The molecule has 7 heteroatoms. The van der Waals surface area contributed by atoms with E-state index >= 15 is 0 Å². The van der Waals surface area contributed by atoms with Gasteiger partial charge in [0.15, 0.2) is 5.78 Å². The Balaban J connectivity index is 1.58. The molecule has 30 heavy (non-hydrogen) atoms. The molecule has 0 bridgehead atoms. The second kappa shape index (κ2) is 9.53. The van der Waals surface area contributed by atoms with E-state index in [4.69, 9.17) is 0 Å². The molecule has 0 heterocycles. The van der Waals surface area contributed by atoms with E-state index in [2.05, 4.69) is 17.0 Å². The first-order chi connectivity index (χ1) is 14.3. The molecule has 0 spiro atoms. The number of Topliss-reactive ketones (excluding diaryl/α,β-unsaturated/α-hetero) is 1. The van der Waals surface area contributed by atoms with Crippen LogP contribution in [0.2, 0.25) is 0 Å². The van der Waals surface area contributed by atoms with E-state index in [1.54, 1.807) is 24.3 Å². The van der Waals surface area contributed by atoms with Crippen molar-refractivity contribution in [1.82, 2.24) is 10.0 Å². The number of hydrogen-bond donors (Lipinski definition) is 2. The summed E-state index contributed by atoms with van der Waals surface area (Å²) in [5.74, 6) is 0.279. The number of benzene rings is 2. The molecule has 2 aromatic carbocycles. The summed E-state index contributed by atoms with van der Waals surface area (Å²) in [6.07, 6.45) is 4.52. The third-order valence-electron chi connectivity index (χ3n) is 5.68. The SMILES string of the molecule is CC(=O)c1ccc(S(=O)(=O)NCc2ccc(C(=O)NC3CCCCC3C)cc2)cc1. The van der Waals surface area contributed by atoms with Crippen LogP contribution in [0.5, 0.6) is 0 Å². The van der Waals surface area contributed by atoms with Crippen LogP contribution >= 0.6 is 0 Å². The van der Waals surface area contributed by atoms with Crippen LogP contribution in [0.4, 0.5) is 0 Å². The highest BCUT2D eigenvalue weighted by Crippen LogP contribution is 2.24. The highest BCUT2D eigenvalue weighted by atomic mass is 32.2. The molecule has 1 aliphatic carbocycles. The normalized spacial score (nSPS) is 19.3. The first kappa shape index (κ1) is 22.2. The molecule has 1 fully saturated rings. The van der Waals surface area contributed by atoms with Gasteiger partial charge in [-0.05, 0) is 55.5 Å². The highest BCUT2D eigenvalue weighted by molar-refractivity contribution is 7.89. The number of carbonyl (C=O) groups excluding carboxylic acids is 2. The number of rotatable bonds is 7. The van der Waals surface area contributed by atoms with E-state index in [0.29, 0.717) is 17.0 Å². The molecule has 0 radical (unpaired) electrons. The molecule has 1 saturated carbocycles. The quantitative estimate of drug-likeness (QED) is 0.658. The molecular weight excluding hydrogens is 400 g/mol. The summed E-state index contributed by atoms with van der Waals surface area (Å²) >= 11 is 0. The largest absolute Gasteiger partial charge is 0.349 e. The third kappa shape index (κ3) is 5.55. The average molecular weight is 429 g/mol. The van der Waals surface area contributed by atoms with Gasteiger partial charge in [-0.3, -0.25) is 9.59 Å². The van der Waals surface area contributed by atoms with Crippen LogP contribution in [-0.4, -0.2) is 26.2 Å². The lowest BCUT2D eigenvalue weighted by molar-refractivity contribution is 0.0909. The van der Waals surface area contributed by atoms with E-state index < -0.39 is 10.0 Å². The Kier molecular flexibility index (Phi) is 7.05. The van der Waals surface area contributed by atoms with Crippen molar-refractivity contribution in [2.75, 3.05) is 0 Å². The van der Waals surface area contributed by atoms with Gasteiger partial charge >= 0.3 is 0 Å². The third-order valence-corrected chi connectivity index (χ3v) is 7.10. The van der Waals surface area contributed by atoms with Crippen molar-refractivity contribution in [3.05, 3.63) is 65.2 Å². The Bertz CT molecular complexity index is 999. The Hall–Kier alpha value is -2.51. The molecule has 2 atom stereocenters. The van der Waals surface area contributed by atoms with Crippen molar-refractivity contribution in [3.63, 3.8) is 0 Å². The first-order valence-corrected chi connectivity index (χ1v) is 11.7. The fourth-order valence-corrected chi connectivity index (χ4v) is 4.70. The van der Waals surface area contributed by atoms with Gasteiger partial charge in [0.1, 0.15) is 0 Å². The maximum Gasteiger partial charge on any atom is 0.251 e. The molecule has 1 amide bonds. The van der Waals surface area contributed by atoms with Gasteiger partial charge in [0, 0.05) is 23.7 Å². The first-order valence-electron chi connectivity index (χ1n) is 10.3. The summed E-state index contributed by atoms with van der Waals surface area (Å²) < 4.78 is 27.5. The minimum absolute atomic E-state index is 0.0913. The Labute approximate surface area is 178 Å². The topological polar surface area (TPSA) is 92.3 Å². The van der Waals surface area contributed by atoms with E-state index in [9.17, 15) is 18.0 Å². The van der Waals surface area contributed by atoms with Gasteiger partial charge in [-0.15, -0.1) is 0 Å². The number of sulfonamides is 1. The minimum atomic E-state index is -3.69. The maximum atomic E-state index is 12.5. The lowest BCUT2D eigenvalue weighted by Crippen LogP contribution is -2.41. The van der Waals surface area contributed by atoms with Crippen LogP contribution in [0.3, 0.4) is 0 Å². The van der Waals surface area contributed by atoms with E-state index in [1.807, 2.05) is 0 Å². The van der Waals surface area contributed by atoms with Gasteiger partial charge in [0.2, 0.25) is 10.0 Å². The molecule has 2 aromatic rings. The van der Waals surface area contributed by atoms with Gasteiger partial charge in [-0.2, -0.15) is 0 Å². The molecule has 1 aliphatic rings. The molecule has 2 N–H and O–H groups in total. The lowest BCUT2D eigenvalue weighted by Gasteiger charge is -2.29. The monoisotopic (exact) mass is 428 g/mol.